The second-order valence-corrected chi connectivity index (χ2v) is 4.79. The van der Waals surface area contributed by atoms with Crippen LogP contribution in [0.2, 0.25) is 0 Å². The summed E-state index contributed by atoms with van der Waals surface area (Å²) in [7, 11) is 0. The molecule has 18 heavy (non-hydrogen) atoms. The van der Waals surface area contributed by atoms with E-state index in [4.69, 9.17) is 4.42 Å². The summed E-state index contributed by atoms with van der Waals surface area (Å²) in [6, 6.07) is 5.55. The van der Waals surface area contributed by atoms with E-state index >= 15 is 0 Å². The highest BCUT2D eigenvalue weighted by Gasteiger charge is 2.21. The van der Waals surface area contributed by atoms with Crippen molar-refractivity contribution in [3.05, 3.63) is 29.7 Å². The molecular weight excluding hydrogens is 228 g/mol. The van der Waals surface area contributed by atoms with E-state index in [1.54, 1.807) is 13.0 Å². The van der Waals surface area contributed by atoms with Crippen LogP contribution in [-0.4, -0.2) is 23.9 Å². The number of fused-ring (bicyclic) bond motifs is 1. The second-order valence-electron chi connectivity index (χ2n) is 4.79. The molecular formula is C14H16N2O2. The van der Waals surface area contributed by atoms with Crippen molar-refractivity contribution in [1.29, 1.82) is 0 Å². The highest BCUT2D eigenvalue weighted by Crippen LogP contribution is 2.29. The highest BCUT2D eigenvalue weighted by molar-refractivity contribution is 6.04. The van der Waals surface area contributed by atoms with Gasteiger partial charge in [-0.2, -0.15) is 0 Å². The lowest BCUT2D eigenvalue weighted by molar-refractivity contribution is 0.101. The molecule has 1 fully saturated rings. The third kappa shape index (κ3) is 1.93. The Balaban J connectivity index is 2.04. The maximum atomic E-state index is 11.5. The fourth-order valence-electron chi connectivity index (χ4n) is 2.49. The lowest BCUT2D eigenvalue weighted by Crippen LogP contribution is -2.26. The highest BCUT2D eigenvalue weighted by atomic mass is 16.3. The van der Waals surface area contributed by atoms with E-state index in [1.807, 2.05) is 12.1 Å². The van der Waals surface area contributed by atoms with Crippen LogP contribution in [0.4, 0.5) is 0 Å². The van der Waals surface area contributed by atoms with Crippen molar-refractivity contribution in [2.45, 2.75) is 25.7 Å². The predicted octanol–water partition coefficient (Wildman–Crippen LogP) is 2.50. The summed E-state index contributed by atoms with van der Waals surface area (Å²) in [6.07, 6.45) is 2.09. The number of nitrogens with one attached hydrogen (secondary N) is 1. The standard InChI is InChI=1S/C14H16N2O2/c1-9(17)11-3-2-4-12-13(11)18-14(16-12)10-5-7-15-8-6-10/h2-4,10,15H,5-8H2,1H3. The first-order valence-electron chi connectivity index (χ1n) is 6.37. The zero-order valence-electron chi connectivity index (χ0n) is 10.4. The number of hydrogen-bond acceptors (Lipinski definition) is 4. The SMILES string of the molecule is CC(=O)c1cccc2nc(C3CCNCC3)oc12. The quantitative estimate of drug-likeness (QED) is 0.825. The Labute approximate surface area is 105 Å². The van der Waals surface area contributed by atoms with Crippen LogP contribution in [0.5, 0.6) is 0 Å². The van der Waals surface area contributed by atoms with E-state index in [1.165, 1.54) is 0 Å². The lowest BCUT2D eigenvalue weighted by Gasteiger charge is -2.19. The van der Waals surface area contributed by atoms with Gasteiger partial charge in [0.05, 0.1) is 5.56 Å². The van der Waals surface area contributed by atoms with Gasteiger partial charge in [-0.05, 0) is 45.0 Å². The number of nitrogens with zero attached hydrogens (tertiary/aromatic N) is 1. The molecule has 1 aromatic carbocycles. The van der Waals surface area contributed by atoms with Crippen LogP contribution in [0.15, 0.2) is 22.6 Å². The normalized spacial score (nSPS) is 17.2. The van der Waals surface area contributed by atoms with Crippen molar-refractivity contribution >= 4 is 16.9 Å². The molecule has 1 saturated heterocycles. The molecule has 4 heteroatoms. The van der Waals surface area contributed by atoms with Crippen LogP contribution >= 0.6 is 0 Å². The van der Waals surface area contributed by atoms with Gasteiger partial charge in [0.25, 0.3) is 0 Å². The molecule has 4 nitrogen and oxygen atoms in total. The fourth-order valence-corrected chi connectivity index (χ4v) is 2.49. The summed E-state index contributed by atoms with van der Waals surface area (Å²) in [5, 5.41) is 3.32. The first-order chi connectivity index (χ1) is 8.75. The Morgan fingerprint density at radius 2 is 2.17 bits per heavy atom. The number of Topliss-reactive ketones (excluding diaryl/α,β-unsaturated/α-hetero) is 1. The van der Waals surface area contributed by atoms with E-state index in [0.717, 1.165) is 37.3 Å². The number of aromatic nitrogens is 1. The molecule has 1 aromatic heterocycles. The summed E-state index contributed by atoms with van der Waals surface area (Å²) in [4.78, 5) is 16.1. The fraction of sp³-hybridized carbons (Fsp3) is 0.429. The van der Waals surface area contributed by atoms with Gasteiger partial charge in [0, 0.05) is 5.92 Å². The van der Waals surface area contributed by atoms with Gasteiger partial charge < -0.3 is 9.73 Å². The van der Waals surface area contributed by atoms with Gasteiger partial charge >= 0.3 is 0 Å². The number of ketones is 1. The molecule has 0 radical (unpaired) electrons. The Morgan fingerprint density at radius 3 is 2.89 bits per heavy atom. The molecule has 0 aliphatic carbocycles. The molecule has 1 aliphatic heterocycles. The maximum Gasteiger partial charge on any atom is 0.198 e. The maximum absolute atomic E-state index is 11.5. The largest absolute Gasteiger partial charge is 0.440 e. The lowest BCUT2D eigenvalue weighted by atomic mass is 9.98. The van der Waals surface area contributed by atoms with E-state index in [-0.39, 0.29) is 5.78 Å². The number of piperidine rings is 1. The van der Waals surface area contributed by atoms with Gasteiger partial charge in [-0.3, -0.25) is 4.79 Å². The summed E-state index contributed by atoms with van der Waals surface area (Å²) in [5.41, 5.74) is 2.05. The first-order valence-corrected chi connectivity index (χ1v) is 6.37. The van der Waals surface area contributed by atoms with Crippen molar-refractivity contribution in [2.24, 2.45) is 0 Å². The van der Waals surface area contributed by atoms with Gasteiger partial charge in [-0.15, -0.1) is 0 Å². The first kappa shape index (κ1) is 11.4. The van der Waals surface area contributed by atoms with Crippen LogP contribution in [0.1, 0.15) is 41.9 Å². The molecule has 2 heterocycles. The van der Waals surface area contributed by atoms with Crippen molar-refractivity contribution in [1.82, 2.24) is 10.3 Å². The summed E-state index contributed by atoms with van der Waals surface area (Å²) in [6.45, 7) is 3.56. The Hall–Kier alpha value is -1.68. The molecule has 3 rings (SSSR count). The predicted molar refractivity (Wildman–Crippen MR) is 68.9 cm³/mol. The third-order valence-electron chi connectivity index (χ3n) is 3.50. The van der Waals surface area contributed by atoms with Gasteiger partial charge in [0.15, 0.2) is 17.3 Å². The number of carbonyl (C=O) groups excluding carboxylic acids is 1. The average molecular weight is 244 g/mol. The molecule has 0 atom stereocenters. The zero-order valence-corrected chi connectivity index (χ0v) is 10.4. The Bertz CT molecular complexity index is 582. The molecule has 94 valence electrons. The number of oxazole rings is 1. The smallest absolute Gasteiger partial charge is 0.198 e. The van der Waals surface area contributed by atoms with E-state index in [0.29, 0.717) is 17.1 Å². The van der Waals surface area contributed by atoms with Crippen molar-refractivity contribution in [2.75, 3.05) is 13.1 Å². The average Bonchev–Trinajstić information content (AvgIpc) is 2.83. The Kier molecular flexibility index (Phi) is 2.88. The van der Waals surface area contributed by atoms with E-state index < -0.39 is 0 Å². The number of para-hydroxylation sites is 1. The van der Waals surface area contributed by atoms with Crippen LogP contribution in [0.25, 0.3) is 11.1 Å². The molecule has 1 aliphatic rings. The molecule has 1 N–H and O–H groups in total. The molecule has 0 unspecified atom stereocenters. The third-order valence-corrected chi connectivity index (χ3v) is 3.50. The van der Waals surface area contributed by atoms with E-state index in [2.05, 4.69) is 10.3 Å². The molecule has 0 bridgehead atoms. The van der Waals surface area contributed by atoms with Crippen molar-refractivity contribution in [3.63, 3.8) is 0 Å². The van der Waals surface area contributed by atoms with Crippen LogP contribution in [-0.2, 0) is 0 Å². The van der Waals surface area contributed by atoms with Gasteiger partial charge in [0.2, 0.25) is 0 Å². The topological polar surface area (TPSA) is 55.1 Å². The minimum atomic E-state index is 0.0219. The number of carbonyl (C=O) groups is 1. The molecule has 2 aromatic rings. The van der Waals surface area contributed by atoms with Crippen molar-refractivity contribution < 1.29 is 9.21 Å². The number of rotatable bonds is 2. The summed E-state index contributed by atoms with van der Waals surface area (Å²) in [5.74, 6) is 1.17. The zero-order chi connectivity index (χ0) is 12.5. The van der Waals surface area contributed by atoms with Gasteiger partial charge in [-0.1, -0.05) is 6.07 Å². The molecule has 0 saturated carbocycles. The molecule has 0 spiro atoms. The van der Waals surface area contributed by atoms with Crippen LogP contribution in [0, 0.1) is 0 Å². The number of benzene rings is 1. The number of hydrogen-bond donors (Lipinski definition) is 1. The van der Waals surface area contributed by atoms with Crippen LogP contribution < -0.4 is 5.32 Å². The monoisotopic (exact) mass is 244 g/mol. The van der Waals surface area contributed by atoms with Gasteiger partial charge in [0.1, 0.15) is 5.52 Å². The second kappa shape index (κ2) is 4.53. The summed E-state index contributed by atoms with van der Waals surface area (Å²) >= 11 is 0. The van der Waals surface area contributed by atoms with Gasteiger partial charge in [-0.25, -0.2) is 4.98 Å². The van der Waals surface area contributed by atoms with E-state index in [9.17, 15) is 4.79 Å². The summed E-state index contributed by atoms with van der Waals surface area (Å²) < 4.78 is 5.84. The van der Waals surface area contributed by atoms with Crippen molar-refractivity contribution in [3.8, 4) is 0 Å². The van der Waals surface area contributed by atoms with Crippen LogP contribution in [0.3, 0.4) is 0 Å². The minimum absolute atomic E-state index is 0.0219. The molecule has 0 amide bonds. The Morgan fingerprint density at radius 1 is 1.39 bits per heavy atom. The minimum Gasteiger partial charge on any atom is -0.440 e.